The third kappa shape index (κ3) is 8.57. The number of pyridine rings is 1. The van der Waals surface area contributed by atoms with Crippen molar-refractivity contribution in [2.45, 2.75) is 64.5 Å². The fourth-order valence-electron chi connectivity index (χ4n) is 5.47. The molecule has 2 aromatic heterocycles. The second kappa shape index (κ2) is 13.2. The van der Waals surface area contributed by atoms with E-state index in [4.69, 9.17) is 5.11 Å². The van der Waals surface area contributed by atoms with Crippen LogP contribution in [0.5, 0.6) is 0 Å². The Morgan fingerprint density at radius 1 is 0.977 bits per heavy atom. The molecular weight excluding hydrogens is 580 g/mol. The molecule has 0 aliphatic heterocycles. The standard InChI is InChI=1S/C28H33F6N7O2/c1-3-40(15-19-9-7-18(8-10-19)12-24(42)43)25-21(13-23(14-35-25)28(32,33)34)17-41(26-36-38-39(2)37-26)16-20-5-4-6-22(11-20)27(29,30)31/h4-6,11,13-14,18-19H,3,7-10,12,15-17H2,1-2H3,(H,42,43). The van der Waals surface area contributed by atoms with Gasteiger partial charge in [0.2, 0.25) is 0 Å². The highest BCUT2D eigenvalue weighted by molar-refractivity contribution is 5.67. The van der Waals surface area contributed by atoms with E-state index in [0.717, 1.165) is 54.9 Å². The van der Waals surface area contributed by atoms with E-state index in [-0.39, 0.29) is 48.4 Å². The van der Waals surface area contributed by atoms with E-state index >= 15 is 0 Å². The van der Waals surface area contributed by atoms with Crippen LogP contribution in [0.1, 0.15) is 61.3 Å². The molecule has 0 spiro atoms. The molecule has 15 heteroatoms. The van der Waals surface area contributed by atoms with Gasteiger partial charge in [0, 0.05) is 44.4 Å². The van der Waals surface area contributed by atoms with Gasteiger partial charge in [0.25, 0.3) is 5.95 Å². The van der Waals surface area contributed by atoms with Crippen LogP contribution in [0.4, 0.5) is 38.1 Å². The SMILES string of the molecule is CCN(CC1CCC(CC(=O)O)CC1)c1ncc(C(F)(F)F)cc1CN(Cc1cccc(C(F)(F)F)c1)c1nnn(C)n1. The van der Waals surface area contributed by atoms with Crippen LogP contribution in [0, 0.1) is 11.8 Å². The summed E-state index contributed by atoms with van der Waals surface area (Å²) in [6, 6.07) is 5.68. The predicted octanol–water partition coefficient (Wildman–Crippen LogP) is 5.96. The number of halogens is 6. The van der Waals surface area contributed by atoms with Crippen molar-refractivity contribution in [1.29, 1.82) is 0 Å². The maximum Gasteiger partial charge on any atom is 0.417 e. The normalized spacial score (nSPS) is 17.6. The Labute approximate surface area is 244 Å². The number of carboxylic acid groups (broad SMARTS) is 1. The van der Waals surface area contributed by atoms with Gasteiger partial charge in [0.05, 0.1) is 18.2 Å². The van der Waals surface area contributed by atoms with E-state index in [1.54, 1.807) is 0 Å². The van der Waals surface area contributed by atoms with E-state index in [9.17, 15) is 31.1 Å². The topological polar surface area (TPSA) is 100 Å². The lowest BCUT2D eigenvalue weighted by Gasteiger charge is -2.34. The largest absolute Gasteiger partial charge is 0.481 e. The molecule has 1 aromatic carbocycles. The van der Waals surface area contributed by atoms with Gasteiger partial charge in [-0.25, -0.2) is 4.98 Å². The van der Waals surface area contributed by atoms with Crippen molar-refractivity contribution in [3.8, 4) is 0 Å². The van der Waals surface area contributed by atoms with Crippen LogP contribution in [0.25, 0.3) is 0 Å². The third-order valence-electron chi connectivity index (χ3n) is 7.63. The van der Waals surface area contributed by atoms with Crippen LogP contribution in [-0.4, -0.2) is 49.4 Å². The number of alkyl halides is 6. The van der Waals surface area contributed by atoms with Gasteiger partial charge < -0.3 is 14.9 Å². The molecule has 1 N–H and O–H groups in total. The Balaban J connectivity index is 1.65. The van der Waals surface area contributed by atoms with Gasteiger partial charge in [-0.2, -0.15) is 31.1 Å². The molecular formula is C28H33F6N7O2. The molecule has 9 nitrogen and oxygen atoms in total. The lowest BCUT2D eigenvalue weighted by molar-refractivity contribution is -0.139. The maximum absolute atomic E-state index is 13.8. The summed E-state index contributed by atoms with van der Waals surface area (Å²) in [6.45, 7) is 2.50. The summed E-state index contributed by atoms with van der Waals surface area (Å²) < 4.78 is 81.5. The number of carbonyl (C=O) groups is 1. The third-order valence-corrected chi connectivity index (χ3v) is 7.63. The van der Waals surface area contributed by atoms with E-state index in [1.807, 2.05) is 11.8 Å². The quantitative estimate of drug-likeness (QED) is 0.265. The summed E-state index contributed by atoms with van der Waals surface area (Å²) in [5.41, 5.74) is -1.35. The Morgan fingerprint density at radius 2 is 1.65 bits per heavy atom. The molecule has 0 radical (unpaired) electrons. The molecule has 0 unspecified atom stereocenters. The van der Waals surface area contributed by atoms with Crippen molar-refractivity contribution < 1.29 is 36.2 Å². The van der Waals surface area contributed by atoms with Crippen molar-refractivity contribution in [2.75, 3.05) is 22.9 Å². The number of aliphatic carboxylic acids is 1. The molecule has 1 aliphatic carbocycles. The molecule has 3 aromatic rings. The minimum absolute atomic E-state index is 0.0306. The number of hydrogen-bond acceptors (Lipinski definition) is 7. The van der Waals surface area contributed by atoms with Gasteiger partial charge in [-0.15, -0.1) is 5.10 Å². The lowest BCUT2D eigenvalue weighted by Crippen LogP contribution is -2.34. The summed E-state index contributed by atoms with van der Waals surface area (Å²) >= 11 is 0. The first-order valence-electron chi connectivity index (χ1n) is 13.9. The Kier molecular flexibility index (Phi) is 9.80. The zero-order chi connectivity index (χ0) is 31.4. The van der Waals surface area contributed by atoms with E-state index in [2.05, 4.69) is 20.4 Å². The average molecular weight is 614 g/mol. The monoisotopic (exact) mass is 613 g/mol. The number of nitrogens with zero attached hydrogens (tertiary/aromatic N) is 7. The molecule has 0 saturated heterocycles. The number of carboxylic acids is 1. The van der Waals surface area contributed by atoms with Crippen LogP contribution < -0.4 is 9.80 Å². The van der Waals surface area contributed by atoms with Crippen molar-refractivity contribution in [3.63, 3.8) is 0 Å². The number of anilines is 2. The smallest absolute Gasteiger partial charge is 0.417 e. The van der Waals surface area contributed by atoms with Gasteiger partial charge in [-0.05, 0) is 73.4 Å². The van der Waals surface area contributed by atoms with Crippen molar-refractivity contribution in [3.05, 3.63) is 58.8 Å². The molecule has 1 fully saturated rings. The predicted molar refractivity (Wildman–Crippen MR) is 145 cm³/mol. The van der Waals surface area contributed by atoms with Gasteiger partial charge >= 0.3 is 18.3 Å². The number of rotatable bonds is 11. The van der Waals surface area contributed by atoms with E-state index in [0.29, 0.717) is 18.9 Å². The first-order valence-corrected chi connectivity index (χ1v) is 13.9. The average Bonchev–Trinajstić information content (AvgIpc) is 3.37. The molecule has 0 atom stereocenters. The molecule has 0 amide bonds. The van der Waals surface area contributed by atoms with Crippen LogP contribution >= 0.6 is 0 Å². The fourth-order valence-corrected chi connectivity index (χ4v) is 5.47. The second-order valence-corrected chi connectivity index (χ2v) is 10.9. The lowest BCUT2D eigenvalue weighted by atomic mass is 9.80. The fraction of sp³-hybridized carbons (Fsp3) is 0.536. The Bertz CT molecular complexity index is 1390. The van der Waals surface area contributed by atoms with Crippen LogP contribution in [0.15, 0.2) is 36.5 Å². The first kappa shape index (κ1) is 32.0. The van der Waals surface area contributed by atoms with Crippen LogP contribution in [-0.2, 0) is 37.3 Å². The number of benzene rings is 1. The Hall–Kier alpha value is -3.91. The summed E-state index contributed by atoms with van der Waals surface area (Å²) in [7, 11) is 1.50. The zero-order valence-corrected chi connectivity index (χ0v) is 23.7. The zero-order valence-electron chi connectivity index (χ0n) is 23.7. The first-order chi connectivity index (χ1) is 20.2. The molecule has 234 valence electrons. The number of tetrazole rings is 1. The van der Waals surface area contributed by atoms with Gasteiger partial charge in [-0.1, -0.05) is 17.2 Å². The summed E-state index contributed by atoms with van der Waals surface area (Å²) in [4.78, 5) is 19.8. The molecule has 0 bridgehead atoms. The van der Waals surface area contributed by atoms with E-state index < -0.39 is 29.4 Å². The highest BCUT2D eigenvalue weighted by atomic mass is 19.4. The Morgan fingerprint density at radius 3 is 2.23 bits per heavy atom. The molecule has 1 aliphatic rings. The maximum atomic E-state index is 13.8. The van der Waals surface area contributed by atoms with Gasteiger partial charge in [0.1, 0.15) is 5.82 Å². The van der Waals surface area contributed by atoms with Gasteiger partial charge in [-0.3, -0.25) is 4.79 Å². The minimum Gasteiger partial charge on any atom is -0.481 e. The molecule has 4 rings (SSSR count). The number of aromatic nitrogens is 5. The number of hydrogen-bond donors (Lipinski definition) is 1. The van der Waals surface area contributed by atoms with Crippen LogP contribution in [0.2, 0.25) is 0 Å². The minimum atomic E-state index is -4.67. The van der Waals surface area contributed by atoms with Crippen molar-refractivity contribution in [1.82, 2.24) is 25.2 Å². The summed E-state index contributed by atoms with van der Waals surface area (Å²) in [5, 5.41) is 21.0. The van der Waals surface area contributed by atoms with Crippen molar-refractivity contribution in [2.24, 2.45) is 18.9 Å². The summed E-state index contributed by atoms with van der Waals surface area (Å²) in [6.07, 6.45) is -5.26. The van der Waals surface area contributed by atoms with Crippen molar-refractivity contribution >= 4 is 17.7 Å². The molecule has 1 saturated carbocycles. The highest BCUT2D eigenvalue weighted by Crippen LogP contribution is 2.36. The summed E-state index contributed by atoms with van der Waals surface area (Å²) in [5.74, 6) is -0.175. The molecule has 2 heterocycles. The second-order valence-electron chi connectivity index (χ2n) is 10.9. The van der Waals surface area contributed by atoms with E-state index in [1.165, 1.54) is 24.1 Å². The number of aryl methyl sites for hydroxylation is 1. The van der Waals surface area contributed by atoms with Gasteiger partial charge in [0.15, 0.2) is 0 Å². The highest BCUT2D eigenvalue weighted by Gasteiger charge is 2.34. The van der Waals surface area contributed by atoms with Crippen LogP contribution in [0.3, 0.4) is 0 Å². The molecule has 43 heavy (non-hydrogen) atoms.